The van der Waals surface area contributed by atoms with Crippen molar-refractivity contribution >= 4 is 22.9 Å². The van der Waals surface area contributed by atoms with Crippen LogP contribution in [-0.4, -0.2) is 37.0 Å². The minimum Gasteiger partial charge on any atom is -0.496 e. The number of para-hydroxylation sites is 2. The first-order chi connectivity index (χ1) is 15.5. The van der Waals surface area contributed by atoms with E-state index in [-0.39, 0.29) is 13.2 Å². The monoisotopic (exact) mass is 439 g/mol. The van der Waals surface area contributed by atoms with Crippen LogP contribution in [0, 0.1) is 0 Å². The Morgan fingerprint density at radius 3 is 2.56 bits per heavy atom. The molecule has 1 aliphatic carbocycles. The molecule has 1 saturated carbocycles. The number of methoxy groups -OCH3 is 1. The Morgan fingerprint density at radius 2 is 1.91 bits per heavy atom. The number of aromatic nitrogens is 1. The molecule has 1 fully saturated rings. The van der Waals surface area contributed by atoms with Gasteiger partial charge >= 0.3 is 0 Å². The van der Waals surface area contributed by atoms with Gasteiger partial charge in [-0.2, -0.15) is 0 Å². The van der Waals surface area contributed by atoms with Crippen LogP contribution in [0.25, 0.3) is 22.6 Å². The molecule has 2 N–H and O–H groups in total. The average molecular weight is 440 g/mol. The lowest BCUT2D eigenvalue weighted by atomic mass is 9.95. The van der Waals surface area contributed by atoms with Crippen LogP contribution in [0.4, 0.5) is 0 Å². The van der Waals surface area contributed by atoms with Gasteiger partial charge in [-0.3, -0.25) is 9.59 Å². The second kappa shape index (κ2) is 11.3. The molecule has 7 heteroatoms. The van der Waals surface area contributed by atoms with E-state index >= 15 is 0 Å². The molecule has 0 aliphatic heterocycles. The van der Waals surface area contributed by atoms with Crippen LogP contribution in [0.1, 0.15) is 57.2 Å². The molecule has 2 amide bonds. The largest absolute Gasteiger partial charge is 0.496 e. The maximum absolute atomic E-state index is 11.7. The first-order valence-corrected chi connectivity index (χ1v) is 11.1. The van der Waals surface area contributed by atoms with Crippen molar-refractivity contribution in [3.8, 4) is 17.2 Å². The molecule has 1 aromatic heterocycles. The Hall–Kier alpha value is -3.35. The van der Waals surface area contributed by atoms with E-state index in [1.54, 1.807) is 32.4 Å². The van der Waals surface area contributed by atoms with E-state index in [9.17, 15) is 9.59 Å². The van der Waals surface area contributed by atoms with Crippen LogP contribution >= 0.6 is 0 Å². The summed E-state index contributed by atoms with van der Waals surface area (Å²) < 4.78 is 11.1. The molecular weight excluding hydrogens is 406 g/mol. The first-order valence-electron chi connectivity index (χ1n) is 11.1. The highest BCUT2D eigenvalue weighted by Gasteiger charge is 2.16. The SMILES string of the molecule is CCC(=O)NC1CCCCC1.CNC(=O)c1ccc(-c2nc3ccccc3o2)c(OC)c1.[HH]. The van der Waals surface area contributed by atoms with Crippen molar-refractivity contribution in [3.63, 3.8) is 0 Å². The quantitative estimate of drug-likeness (QED) is 0.586. The number of fused-ring (bicyclic) bond motifs is 1. The standard InChI is InChI=1S/C16H14N2O3.C9H17NO.H2/c1-17-15(19)10-7-8-11(14(9-10)20-2)16-18-12-5-3-4-6-13(12)21-16;1-2-9(11)10-8-6-4-3-5-7-8;/h3-9H,1-2H3,(H,17,19);8H,2-7H2,1H3,(H,10,11);1H. The van der Waals surface area contributed by atoms with E-state index in [4.69, 9.17) is 9.15 Å². The minimum atomic E-state index is -0.169. The van der Waals surface area contributed by atoms with Gasteiger partial charge in [-0.25, -0.2) is 4.98 Å². The zero-order chi connectivity index (χ0) is 22.9. The molecule has 0 bridgehead atoms. The van der Waals surface area contributed by atoms with Crippen molar-refractivity contribution in [1.29, 1.82) is 0 Å². The molecule has 1 heterocycles. The molecule has 2 aromatic carbocycles. The minimum absolute atomic E-state index is 0. The zero-order valence-corrected chi connectivity index (χ0v) is 18.9. The first kappa shape index (κ1) is 23.3. The van der Waals surface area contributed by atoms with Crippen LogP contribution in [0.5, 0.6) is 5.75 Å². The van der Waals surface area contributed by atoms with Gasteiger partial charge in [-0.15, -0.1) is 0 Å². The number of nitrogens with one attached hydrogen (secondary N) is 2. The molecule has 172 valence electrons. The van der Waals surface area contributed by atoms with Gasteiger partial charge < -0.3 is 19.8 Å². The fourth-order valence-corrected chi connectivity index (χ4v) is 3.72. The number of rotatable bonds is 5. The van der Waals surface area contributed by atoms with Crippen LogP contribution in [0.3, 0.4) is 0 Å². The number of carbonyl (C=O) groups excluding carboxylic acids is 2. The summed E-state index contributed by atoms with van der Waals surface area (Å²) in [6.07, 6.45) is 6.91. The Balaban J connectivity index is 0.000000274. The van der Waals surface area contributed by atoms with Gasteiger partial charge in [-0.1, -0.05) is 38.3 Å². The second-order valence-electron chi connectivity index (χ2n) is 7.74. The van der Waals surface area contributed by atoms with Gasteiger partial charge in [-0.05, 0) is 43.2 Å². The topological polar surface area (TPSA) is 93.5 Å². The molecule has 32 heavy (non-hydrogen) atoms. The van der Waals surface area contributed by atoms with Crippen molar-refractivity contribution < 1.29 is 20.2 Å². The summed E-state index contributed by atoms with van der Waals surface area (Å²) in [4.78, 5) is 27.1. The Labute approximate surface area is 190 Å². The van der Waals surface area contributed by atoms with Gasteiger partial charge in [0, 0.05) is 26.5 Å². The summed E-state index contributed by atoms with van der Waals surface area (Å²) >= 11 is 0. The molecule has 4 rings (SSSR count). The smallest absolute Gasteiger partial charge is 0.251 e. The molecule has 0 saturated heterocycles. The Bertz CT molecular complexity index is 1030. The van der Waals surface area contributed by atoms with E-state index in [2.05, 4.69) is 15.6 Å². The number of nitrogens with zero attached hydrogens (tertiary/aromatic N) is 1. The summed E-state index contributed by atoms with van der Waals surface area (Å²) in [5.41, 5.74) is 2.73. The van der Waals surface area contributed by atoms with Gasteiger partial charge in [0.05, 0.1) is 12.7 Å². The summed E-state index contributed by atoms with van der Waals surface area (Å²) in [6.45, 7) is 1.90. The van der Waals surface area contributed by atoms with E-state index in [1.807, 2.05) is 31.2 Å². The lowest BCUT2D eigenvalue weighted by Crippen LogP contribution is -2.35. The lowest BCUT2D eigenvalue weighted by molar-refractivity contribution is -0.121. The third kappa shape index (κ3) is 5.87. The molecule has 0 atom stereocenters. The second-order valence-corrected chi connectivity index (χ2v) is 7.74. The predicted octanol–water partition coefficient (Wildman–Crippen LogP) is 4.95. The maximum Gasteiger partial charge on any atom is 0.251 e. The number of oxazole rings is 1. The van der Waals surface area contributed by atoms with Gasteiger partial charge in [0.2, 0.25) is 11.8 Å². The van der Waals surface area contributed by atoms with Crippen molar-refractivity contribution in [1.82, 2.24) is 15.6 Å². The highest BCUT2D eigenvalue weighted by molar-refractivity contribution is 5.95. The molecule has 0 unspecified atom stereocenters. The van der Waals surface area contributed by atoms with Crippen LogP contribution in [0.2, 0.25) is 0 Å². The van der Waals surface area contributed by atoms with Crippen molar-refractivity contribution in [3.05, 3.63) is 48.0 Å². The molecular formula is C25H33N3O4. The highest BCUT2D eigenvalue weighted by Crippen LogP contribution is 2.32. The Kier molecular flexibility index (Phi) is 8.25. The van der Waals surface area contributed by atoms with Gasteiger partial charge in [0.25, 0.3) is 5.91 Å². The number of amides is 2. The maximum atomic E-state index is 11.7. The number of hydrogen-bond donors (Lipinski definition) is 2. The summed E-state index contributed by atoms with van der Waals surface area (Å²) in [6, 6.07) is 13.2. The molecule has 7 nitrogen and oxygen atoms in total. The highest BCUT2D eigenvalue weighted by atomic mass is 16.5. The summed E-state index contributed by atoms with van der Waals surface area (Å²) in [5.74, 6) is 1.05. The van der Waals surface area contributed by atoms with E-state index in [0.29, 0.717) is 40.8 Å². The lowest BCUT2D eigenvalue weighted by Gasteiger charge is -2.22. The van der Waals surface area contributed by atoms with Crippen molar-refractivity contribution in [2.45, 2.75) is 51.5 Å². The molecule has 1 aliphatic rings. The van der Waals surface area contributed by atoms with Crippen LogP contribution < -0.4 is 15.4 Å². The summed E-state index contributed by atoms with van der Waals surface area (Å²) in [7, 11) is 3.14. The molecule has 0 radical (unpaired) electrons. The molecule has 3 aromatic rings. The van der Waals surface area contributed by atoms with Crippen molar-refractivity contribution in [2.75, 3.05) is 14.2 Å². The summed E-state index contributed by atoms with van der Waals surface area (Å²) in [5, 5.41) is 5.61. The zero-order valence-electron chi connectivity index (χ0n) is 18.9. The normalized spacial score (nSPS) is 13.7. The number of ether oxygens (including phenoxy) is 1. The van der Waals surface area contributed by atoms with E-state index in [0.717, 1.165) is 5.52 Å². The average Bonchev–Trinajstić information content (AvgIpc) is 3.28. The third-order valence-electron chi connectivity index (χ3n) is 5.51. The third-order valence-corrected chi connectivity index (χ3v) is 5.51. The number of hydrogen-bond acceptors (Lipinski definition) is 5. The molecule has 0 spiro atoms. The van der Waals surface area contributed by atoms with Crippen molar-refractivity contribution in [2.24, 2.45) is 0 Å². The van der Waals surface area contributed by atoms with Gasteiger partial charge in [0.1, 0.15) is 11.3 Å². The Morgan fingerprint density at radius 1 is 1.16 bits per heavy atom. The van der Waals surface area contributed by atoms with Gasteiger partial charge in [0.15, 0.2) is 5.58 Å². The van der Waals surface area contributed by atoms with E-state index < -0.39 is 0 Å². The number of benzene rings is 2. The van der Waals surface area contributed by atoms with E-state index in [1.165, 1.54) is 32.1 Å². The fraction of sp³-hybridized carbons (Fsp3) is 0.400. The predicted molar refractivity (Wildman–Crippen MR) is 127 cm³/mol. The van der Waals surface area contributed by atoms with Crippen LogP contribution in [-0.2, 0) is 4.79 Å². The fourth-order valence-electron chi connectivity index (χ4n) is 3.72. The van der Waals surface area contributed by atoms with Crippen LogP contribution in [0.15, 0.2) is 46.9 Å². The number of carbonyl (C=O) groups is 2.